The van der Waals surface area contributed by atoms with Crippen molar-refractivity contribution in [3.05, 3.63) is 74.0 Å². The number of aryl methyl sites for hydroxylation is 1. The Balaban J connectivity index is 1.51. The number of fused-ring (bicyclic) bond motifs is 1. The average Bonchev–Trinajstić information content (AvgIpc) is 3.59. The molecule has 1 aromatic carbocycles. The maximum Gasteiger partial charge on any atom is 0.252 e. The molecule has 35 heavy (non-hydrogen) atoms. The van der Waals surface area contributed by atoms with Crippen LogP contribution >= 0.6 is 11.3 Å². The summed E-state index contributed by atoms with van der Waals surface area (Å²) in [6.45, 7) is 9.04. The fourth-order valence-corrected chi connectivity index (χ4v) is 5.70. The van der Waals surface area contributed by atoms with Gasteiger partial charge in [-0.15, -0.1) is 16.4 Å². The van der Waals surface area contributed by atoms with Crippen LogP contribution < -0.4 is 5.56 Å². The first kappa shape index (κ1) is 23.8. The number of nitrogens with one attached hydrogen (secondary N) is 1. The molecule has 1 N–H and O–H groups in total. The van der Waals surface area contributed by atoms with Gasteiger partial charge in [0.2, 0.25) is 0 Å². The van der Waals surface area contributed by atoms with Gasteiger partial charge in [-0.3, -0.25) is 9.69 Å². The van der Waals surface area contributed by atoms with Gasteiger partial charge in [0.25, 0.3) is 5.56 Å². The normalized spacial score (nSPS) is 17.1. The quantitative estimate of drug-likeness (QED) is 0.371. The van der Waals surface area contributed by atoms with Crippen molar-refractivity contribution in [1.82, 2.24) is 30.1 Å². The van der Waals surface area contributed by atoms with Crippen molar-refractivity contribution in [2.45, 2.75) is 65.4 Å². The van der Waals surface area contributed by atoms with E-state index in [4.69, 9.17) is 4.74 Å². The second-order valence-corrected chi connectivity index (χ2v) is 10.8. The lowest BCUT2D eigenvalue weighted by molar-refractivity contribution is 0.0853. The molecule has 9 heteroatoms. The largest absolute Gasteiger partial charge is 0.376 e. The molecule has 1 aliphatic heterocycles. The van der Waals surface area contributed by atoms with Crippen molar-refractivity contribution in [2.24, 2.45) is 5.92 Å². The van der Waals surface area contributed by atoms with Crippen molar-refractivity contribution >= 4 is 22.2 Å². The minimum Gasteiger partial charge on any atom is -0.376 e. The predicted molar refractivity (Wildman–Crippen MR) is 137 cm³/mol. The van der Waals surface area contributed by atoms with Crippen LogP contribution in [0.2, 0.25) is 0 Å². The van der Waals surface area contributed by atoms with Gasteiger partial charge >= 0.3 is 0 Å². The Morgan fingerprint density at radius 2 is 2.14 bits per heavy atom. The zero-order chi connectivity index (χ0) is 24.4. The van der Waals surface area contributed by atoms with Crippen LogP contribution in [0.5, 0.6) is 0 Å². The number of hydrogen-bond acceptors (Lipinski definition) is 7. The lowest BCUT2D eigenvalue weighted by Gasteiger charge is -2.33. The third-order valence-corrected chi connectivity index (χ3v) is 7.50. The SMILES string of the molecule is Cc1ccc2cc(CN(Cc3cccs3)C(c3nnnn3CC3CCCO3)C(C)C)c(=O)[nH]c2c1. The second-order valence-electron chi connectivity index (χ2n) is 9.74. The van der Waals surface area contributed by atoms with E-state index in [1.807, 2.05) is 23.7 Å². The molecule has 0 radical (unpaired) electrons. The van der Waals surface area contributed by atoms with Crippen molar-refractivity contribution in [3.8, 4) is 0 Å². The Kier molecular flexibility index (Phi) is 7.08. The summed E-state index contributed by atoms with van der Waals surface area (Å²) in [6, 6.07) is 12.3. The molecular weight excluding hydrogens is 460 g/mol. The van der Waals surface area contributed by atoms with Crippen molar-refractivity contribution in [3.63, 3.8) is 0 Å². The first-order chi connectivity index (χ1) is 17.0. The van der Waals surface area contributed by atoms with Crippen molar-refractivity contribution < 1.29 is 4.74 Å². The van der Waals surface area contributed by atoms with Crippen LogP contribution in [-0.2, 0) is 24.4 Å². The zero-order valence-corrected chi connectivity index (χ0v) is 21.3. The summed E-state index contributed by atoms with van der Waals surface area (Å²) in [6.07, 6.45) is 2.24. The number of thiophene rings is 1. The highest BCUT2D eigenvalue weighted by Gasteiger charge is 2.31. The molecule has 0 saturated carbocycles. The third kappa shape index (κ3) is 5.37. The van der Waals surface area contributed by atoms with Gasteiger partial charge in [-0.25, -0.2) is 4.68 Å². The monoisotopic (exact) mass is 492 g/mol. The molecule has 2 unspecified atom stereocenters. The van der Waals surface area contributed by atoms with Crippen LogP contribution in [0.1, 0.15) is 54.6 Å². The minimum atomic E-state index is -0.0679. The number of ether oxygens (including phenoxy) is 1. The van der Waals surface area contributed by atoms with E-state index in [-0.39, 0.29) is 23.6 Å². The van der Waals surface area contributed by atoms with E-state index in [0.29, 0.717) is 19.6 Å². The fraction of sp³-hybridized carbons (Fsp3) is 0.462. The lowest BCUT2D eigenvalue weighted by Crippen LogP contribution is -2.35. The molecule has 0 amide bonds. The van der Waals surface area contributed by atoms with Gasteiger partial charge in [0.1, 0.15) is 0 Å². The number of hydrogen-bond donors (Lipinski definition) is 1. The number of H-pyrrole nitrogens is 1. The Morgan fingerprint density at radius 1 is 1.26 bits per heavy atom. The first-order valence-corrected chi connectivity index (χ1v) is 13.1. The molecule has 0 spiro atoms. The number of rotatable bonds is 9. The van der Waals surface area contributed by atoms with E-state index in [1.54, 1.807) is 11.3 Å². The van der Waals surface area contributed by atoms with Crippen LogP contribution in [0.3, 0.4) is 0 Å². The van der Waals surface area contributed by atoms with Gasteiger partial charge in [-0.1, -0.05) is 32.0 Å². The average molecular weight is 493 g/mol. The second kappa shape index (κ2) is 10.4. The van der Waals surface area contributed by atoms with Crippen LogP contribution in [0.4, 0.5) is 0 Å². The maximum atomic E-state index is 13.1. The van der Waals surface area contributed by atoms with Crippen LogP contribution in [0.25, 0.3) is 10.9 Å². The first-order valence-electron chi connectivity index (χ1n) is 12.2. The Morgan fingerprint density at radius 3 is 2.89 bits per heavy atom. The molecule has 4 aromatic rings. The lowest BCUT2D eigenvalue weighted by atomic mass is 10.00. The number of pyridine rings is 1. The van der Waals surface area contributed by atoms with E-state index in [9.17, 15) is 4.79 Å². The highest BCUT2D eigenvalue weighted by Crippen LogP contribution is 2.31. The molecule has 0 aliphatic carbocycles. The predicted octanol–water partition coefficient (Wildman–Crippen LogP) is 4.46. The molecule has 5 rings (SSSR count). The molecule has 0 bridgehead atoms. The standard InChI is InChI=1S/C26H32N6O2S/c1-17(2)24(25-28-29-30-32(25)15-21-6-4-10-34-21)31(16-22-7-5-11-35-22)14-20-13-19-9-8-18(3)12-23(19)27-26(20)33/h5,7-9,11-13,17,21,24H,4,6,10,14-16H2,1-3H3,(H,27,33). The van der Waals surface area contributed by atoms with Gasteiger partial charge < -0.3 is 9.72 Å². The molecular formula is C26H32N6O2S. The summed E-state index contributed by atoms with van der Waals surface area (Å²) in [5.74, 6) is 1.05. The third-order valence-electron chi connectivity index (χ3n) is 6.64. The van der Waals surface area contributed by atoms with Gasteiger partial charge in [-0.05, 0) is 70.6 Å². The fourth-order valence-electron chi connectivity index (χ4n) is 4.97. The summed E-state index contributed by atoms with van der Waals surface area (Å²) < 4.78 is 7.75. The van der Waals surface area contributed by atoms with Crippen molar-refractivity contribution in [2.75, 3.05) is 6.61 Å². The highest BCUT2D eigenvalue weighted by atomic mass is 32.1. The highest BCUT2D eigenvalue weighted by molar-refractivity contribution is 7.09. The molecule has 184 valence electrons. The van der Waals surface area contributed by atoms with Gasteiger partial charge in [0, 0.05) is 35.7 Å². The summed E-state index contributed by atoms with van der Waals surface area (Å²) in [5, 5.41) is 16.0. The summed E-state index contributed by atoms with van der Waals surface area (Å²) in [5.41, 5.74) is 2.67. The number of aromatic nitrogens is 5. The number of tetrazole rings is 1. The van der Waals surface area contributed by atoms with E-state index in [0.717, 1.165) is 47.3 Å². The van der Waals surface area contributed by atoms with Gasteiger partial charge in [0.05, 0.1) is 18.7 Å². The van der Waals surface area contributed by atoms with Crippen LogP contribution in [0.15, 0.2) is 46.6 Å². The molecule has 2 atom stereocenters. The van der Waals surface area contributed by atoms with Crippen LogP contribution in [0, 0.1) is 12.8 Å². The van der Waals surface area contributed by atoms with E-state index >= 15 is 0 Å². The summed E-state index contributed by atoms with van der Waals surface area (Å²) >= 11 is 1.72. The number of benzene rings is 1. The van der Waals surface area contributed by atoms with E-state index < -0.39 is 0 Å². The Labute approximate surface area is 208 Å². The smallest absolute Gasteiger partial charge is 0.252 e. The number of nitrogens with zero attached hydrogens (tertiary/aromatic N) is 5. The number of aromatic amines is 1. The molecule has 3 aromatic heterocycles. The Hall–Kier alpha value is -2.88. The van der Waals surface area contributed by atoms with Gasteiger partial charge in [0.15, 0.2) is 5.82 Å². The molecule has 8 nitrogen and oxygen atoms in total. The van der Waals surface area contributed by atoms with E-state index in [2.05, 4.69) is 68.9 Å². The molecule has 1 aliphatic rings. The van der Waals surface area contributed by atoms with Gasteiger partial charge in [-0.2, -0.15) is 0 Å². The molecule has 1 saturated heterocycles. The van der Waals surface area contributed by atoms with E-state index in [1.165, 1.54) is 4.88 Å². The Bertz CT molecular complexity index is 1320. The topological polar surface area (TPSA) is 88.9 Å². The van der Waals surface area contributed by atoms with Crippen LogP contribution in [-0.4, -0.2) is 42.8 Å². The summed E-state index contributed by atoms with van der Waals surface area (Å²) in [7, 11) is 0. The minimum absolute atomic E-state index is 0.0549. The summed E-state index contributed by atoms with van der Waals surface area (Å²) in [4.78, 5) is 19.8. The zero-order valence-electron chi connectivity index (χ0n) is 20.5. The maximum absolute atomic E-state index is 13.1. The molecule has 4 heterocycles. The van der Waals surface area contributed by atoms with Crippen molar-refractivity contribution in [1.29, 1.82) is 0 Å². The molecule has 1 fully saturated rings.